The summed E-state index contributed by atoms with van der Waals surface area (Å²) >= 11 is 5.77. The standard InChI is InChI=1S/C16H21ClN4O3/c17-12-3-4-14(18-10-12)19-15(22)11-20-5-7-21(8-6-20)16(23)13-2-1-9-24-13/h3-4,10,13H,1-2,5-9,11H2,(H,18,19,22). The molecule has 3 heterocycles. The third-order valence-electron chi connectivity index (χ3n) is 4.25. The van der Waals surface area contributed by atoms with Crippen molar-refractivity contribution in [3.05, 3.63) is 23.4 Å². The van der Waals surface area contributed by atoms with Gasteiger partial charge in [-0.3, -0.25) is 14.5 Å². The summed E-state index contributed by atoms with van der Waals surface area (Å²) in [6, 6.07) is 3.35. The van der Waals surface area contributed by atoms with Gasteiger partial charge < -0.3 is 15.0 Å². The number of rotatable bonds is 4. The second kappa shape index (κ2) is 7.92. The first kappa shape index (κ1) is 17.1. The molecule has 0 saturated carbocycles. The first-order valence-corrected chi connectivity index (χ1v) is 8.54. The zero-order chi connectivity index (χ0) is 16.9. The number of amides is 2. The van der Waals surface area contributed by atoms with Gasteiger partial charge in [0.05, 0.1) is 11.6 Å². The number of pyridine rings is 1. The van der Waals surface area contributed by atoms with Gasteiger partial charge in [-0.15, -0.1) is 0 Å². The van der Waals surface area contributed by atoms with Gasteiger partial charge in [-0.05, 0) is 25.0 Å². The van der Waals surface area contributed by atoms with E-state index in [1.54, 1.807) is 12.1 Å². The SMILES string of the molecule is O=C(CN1CCN(C(=O)C2CCCO2)CC1)Nc1ccc(Cl)cn1. The van der Waals surface area contributed by atoms with E-state index in [4.69, 9.17) is 16.3 Å². The molecule has 2 aliphatic heterocycles. The minimum Gasteiger partial charge on any atom is -0.368 e. The highest BCUT2D eigenvalue weighted by Gasteiger charge is 2.30. The van der Waals surface area contributed by atoms with E-state index >= 15 is 0 Å². The lowest BCUT2D eigenvalue weighted by Gasteiger charge is -2.35. The van der Waals surface area contributed by atoms with Crippen LogP contribution in [0.5, 0.6) is 0 Å². The fourth-order valence-corrected chi connectivity index (χ4v) is 3.05. The molecule has 1 unspecified atom stereocenters. The number of hydrogen-bond acceptors (Lipinski definition) is 5. The van der Waals surface area contributed by atoms with Crippen LogP contribution < -0.4 is 5.32 Å². The van der Waals surface area contributed by atoms with Gasteiger partial charge in [0, 0.05) is 39.0 Å². The van der Waals surface area contributed by atoms with Crippen LogP contribution in [0.15, 0.2) is 18.3 Å². The Kier molecular flexibility index (Phi) is 5.65. The average Bonchev–Trinajstić information content (AvgIpc) is 3.11. The largest absolute Gasteiger partial charge is 0.368 e. The molecule has 2 fully saturated rings. The second-order valence-corrected chi connectivity index (χ2v) is 6.45. The Morgan fingerprint density at radius 1 is 1.29 bits per heavy atom. The predicted octanol–water partition coefficient (Wildman–Crippen LogP) is 0.997. The number of piperazine rings is 1. The number of carbonyl (C=O) groups excluding carboxylic acids is 2. The number of aromatic nitrogens is 1. The van der Waals surface area contributed by atoms with E-state index in [1.807, 2.05) is 9.80 Å². The molecule has 0 aliphatic carbocycles. The summed E-state index contributed by atoms with van der Waals surface area (Å²) in [5, 5.41) is 3.27. The van der Waals surface area contributed by atoms with Crippen molar-refractivity contribution in [2.24, 2.45) is 0 Å². The van der Waals surface area contributed by atoms with E-state index in [2.05, 4.69) is 10.3 Å². The number of carbonyl (C=O) groups is 2. The first-order valence-electron chi connectivity index (χ1n) is 8.16. The van der Waals surface area contributed by atoms with E-state index < -0.39 is 0 Å². The van der Waals surface area contributed by atoms with Crippen molar-refractivity contribution in [1.82, 2.24) is 14.8 Å². The summed E-state index contributed by atoms with van der Waals surface area (Å²) in [6.45, 7) is 3.58. The van der Waals surface area contributed by atoms with E-state index in [9.17, 15) is 9.59 Å². The number of nitrogens with one attached hydrogen (secondary N) is 1. The fraction of sp³-hybridized carbons (Fsp3) is 0.562. The van der Waals surface area contributed by atoms with Crippen LogP contribution in [0.3, 0.4) is 0 Å². The molecule has 8 heteroatoms. The molecule has 3 rings (SSSR count). The smallest absolute Gasteiger partial charge is 0.251 e. The molecular formula is C16H21ClN4O3. The van der Waals surface area contributed by atoms with Crippen LogP contribution in [-0.4, -0.2) is 72.0 Å². The van der Waals surface area contributed by atoms with Crippen molar-refractivity contribution in [3.8, 4) is 0 Å². The molecular weight excluding hydrogens is 332 g/mol. The van der Waals surface area contributed by atoms with Crippen molar-refractivity contribution < 1.29 is 14.3 Å². The van der Waals surface area contributed by atoms with Crippen LogP contribution in [-0.2, 0) is 14.3 Å². The van der Waals surface area contributed by atoms with E-state index in [-0.39, 0.29) is 24.5 Å². The molecule has 0 aromatic carbocycles. The monoisotopic (exact) mass is 352 g/mol. The molecule has 2 saturated heterocycles. The average molecular weight is 353 g/mol. The zero-order valence-electron chi connectivity index (χ0n) is 13.4. The van der Waals surface area contributed by atoms with Crippen LogP contribution in [0.2, 0.25) is 5.02 Å². The van der Waals surface area contributed by atoms with Gasteiger partial charge in [-0.2, -0.15) is 0 Å². The highest BCUT2D eigenvalue weighted by atomic mass is 35.5. The molecule has 2 aliphatic rings. The molecule has 0 radical (unpaired) electrons. The van der Waals surface area contributed by atoms with Gasteiger partial charge in [0.1, 0.15) is 11.9 Å². The van der Waals surface area contributed by atoms with Crippen molar-refractivity contribution in [3.63, 3.8) is 0 Å². The van der Waals surface area contributed by atoms with Crippen LogP contribution in [0.25, 0.3) is 0 Å². The normalized spacial score (nSPS) is 21.7. The maximum Gasteiger partial charge on any atom is 0.251 e. The van der Waals surface area contributed by atoms with Gasteiger partial charge in [0.25, 0.3) is 5.91 Å². The maximum absolute atomic E-state index is 12.3. The van der Waals surface area contributed by atoms with E-state index in [0.29, 0.717) is 43.6 Å². The van der Waals surface area contributed by atoms with Gasteiger partial charge >= 0.3 is 0 Å². The molecule has 2 amide bonds. The lowest BCUT2D eigenvalue weighted by molar-refractivity contribution is -0.142. The number of nitrogens with zero attached hydrogens (tertiary/aromatic N) is 3. The molecule has 130 valence electrons. The minimum atomic E-state index is -0.268. The van der Waals surface area contributed by atoms with E-state index in [0.717, 1.165) is 12.8 Å². The molecule has 1 aromatic rings. The van der Waals surface area contributed by atoms with Crippen LogP contribution in [0.4, 0.5) is 5.82 Å². The summed E-state index contributed by atoms with van der Waals surface area (Å²) in [5.74, 6) is 0.447. The Morgan fingerprint density at radius 2 is 2.08 bits per heavy atom. The Morgan fingerprint density at radius 3 is 2.71 bits per heavy atom. The van der Waals surface area contributed by atoms with E-state index in [1.165, 1.54) is 6.20 Å². The third-order valence-corrected chi connectivity index (χ3v) is 4.47. The molecule has 24 heavy (non-hydrogen) atoms. The number of halogens is 1. The van der Waals surface area contributed by atoms with Crippen molar-refractivity contribution in [2.45, 2.75) is 18.9 Å². The van der Waals surface area contributed by atoms with Crippen molar-refractivity contribution >= 4 is 29.2 Å². The zero-order valence-corrected chi connectivity index (χ0v) is 14.2. The Bertz CT molecular complexity index is 581. The topological polar surface area (TPSA) is 74.8 Å². The van der Waals surface area contributed by atoms with Crippen molar-refractivity contribution in [2.75, 3.05) is 44.6 Å². The maximum atomic E-state index is 12.3. The Labute approximate surface area is 145 Å². The number of hydrogen-bond donors (Lipinski definition) is 1. The highest BCUT2D eigenvalue weighted by molar-refractivity contribution is 6.30. The number of ether oxygens (including phenoxy) is 1. The van der Waals surface area contributed by atoms with Gasteiger partial charge in [-0.1, -0.05) is 11.6 Å². The molecule has 1 atom stereocenters. The van der Waals surface area contributed by atoms with Crippen molar-refractivity contribution in [1.29, 1.82) is 0 Å². The van der Waals surface area contributed by atoms with Crippen LogP contribution in [0.1, 0.15) is 12.8 Å². The summed E-state index contributed by atoms with van der Waals surface area (Å²) in [6.07, 6.45) is 2.99. The Balaban J connectivity index is 1.42. The lowest BCUT2D eigenvalue weighted by Crippen LogP contribution is -2.52. The molecule has 1 N–H and O–H groups in total. The predicted molar refractivity (Wildman–Crippen MR) is 89.9 cm³/mol. The minimum absolute atomic E-state index is 0.0852. The van der Waals surface area contributed by atoms with Gasteiger partial charge in [0.2, 0.25) is 5.91 Å². The summed E-state index contributed by atoms with van der Waals surface area (Å²) in [7, 11) is 0. The quantitative estimate of drug-likeness (QED) is 0.875. The molecule has 1 aromatic heterocycles. The lowest BCUT2D eigenvalue weighted by atomic mass is 10.2. The highest BCUT2D eigenvalue weighted by Crippen LogP contribution is 2.16. The van der Waals surface area contributed by atoms with Crippen LogP contribution >= 0.6 is 11.6 Å². The molecule has 0 spiro atoms. The fourth-order valence-electron chi connectivity index (χ4n) is 2.94. The summed E-state index contributed by atoms with van der Waals surface area (Å²) < 4.78 is 5.45. The number of anilines is 1. The first-order chi connectivity index (χ1) is 11.6. The molecule has 0 bridgehead atoms. The van der Waals surface area contributed by atoms with Gasteiger partial charge in [-0.25, -0.2) is 4.98 Å². The second-order valence-electron chi connectivity index (χ2n) is 6.01. The molecule has 7 nitrogen and oxygen atoms in total. The Hall–Kier alpha value is -1.70. The van der Waals surface area contributed by atoms with Crippen LogP contribution in [0, 0.1) is 0 Å². The third kappa shape index (κ3) is 4.43. The van der Waals surface area contributed by atoms with Gasteiger partial charge in [0.15, 0.2) is 0 Å². The summed E-state index contributed by atoms with van der Waals surface area (Å²) in [5.41, 5.74) is 0. The summed E-state index contributed by atoms with van der Waals surface area (Å²) in [4.78, 5) is 32.3.